The Morgan fingerprint density at radius 1 is 0.857 bits per heavy atom. The van der Waals surface area contributed by atoms with Crippen molar-refractivity contribution in [2.45, 2.75) is 18.0 Å². The molecule has 1 aliphatic rings. The molecule has 3 aromatic rings. The quantitative estimate of drug-likeness (QED) is 0.438. The van der Waals surface area contributed by atoms with E-state index in [2.05, 4.69) is 10.6 Å². The van der Waals surface area contributed by atoms with Gasteiger partial charge in [0, 0.05) is 13.0 Å². The van der Waals surface area contributed by atoms with Gasteiger partial charge in [0.15, 0.2) is 6.04 Å². The van der Waals surface area contributed by atoms with Crippen LogP contribution in [0.3, 0.4) is 0 Å². The van der Waals surface area contributed by atoms with Crippen LogP contribution in [-0.2, 0) is 19.1 Å². The number of carboxylic acids is 1. The summed E-state index contributed by atoms with van der Waals surface area (Å²) in [7, 11) is 1.34. The standard InChI is InChI=1S/C27H26N2O6/c1-34-16-23(26(31)32)28-25(30)24(17-9-3-2-4-10-17)29-27(33)35-15-22-20-13-7-5-11-18(20)19-12-6-8-14-21(19)22/h2-14,22-24H,15-16H2,1H3,(H,28,30)(H,29,33)(H,31,32)/t23-,24?/m0/s1. The zero-order chi connectivity index (χ0) is 24.8. The number of alkyl carbamates (subject to hydrolysis) is 1. The smallest absolute Gasteiger partial charge is 0.408 e. The van der Waals surface area contributed by atoms with Crippen molar-refractivity contribution in [3.05, 3.63) is 95.6 Å². The predicted molar refractivity (Wildman–Crippen MR) is 129 cm³/mol. The van der Waals surface area contributed by atoms with Crippen molar-refractivity contribution < 1.29 is 29.0 Å². The molecule has 8 heteroatoms. The van der Waals surface area contributed by atoms with Gasteiger partial charge in [-0.3, -0.25) is 4.79 Å². The number of aliphatic carboxylic acids is 1. The van der Waals surface area contributed by atoms with Crippen molar-refractivity contribution in [1.29, 1.82) is 0 Å². The van der Waals surface area contributed by atoms with E-state index in [9.17, 15) is 19.5 Å². The number of benzene rings is 3. The third-order valence-corrected chi connectivity index (χ3v) is 5.95. The van der Waals surface area contributed by atoms with Crippen LogP contribution in [0.2, 0.25) is 0 Å². The van der Waals surface area contributed by atoms with Crippen LogP contribution in [0, 0.1) is 0 Å². The maximum Gasteiger partial charge on any atom is 0.408 e. The van der Waals surface area contributed by atoms with Crippen LogP contribution in [-0.4, -0.2) is 49.4 Å². The van der Waals surface area contributed by atoms with E-state index in [1.165, 1.54) is 7.11 Å². The fourth-order valence-electron chi connectivity index (χ4n) is 4.30. The molecule has 3 N–H and O–H groups in total. The molecule has 0 bridgehead atoms. The lowest BCUT2D eigenvalue weighted by Gasteiger charge is -2.22. The van der Waals surface area contributed by atoms with Crippen LogP contribution in [0.25, 0.3) is 11.1 Å². The molecule has 0 heterocycles. The number of carbonyl (C=O) groups is 3. The number of amides is 2. The minimum Gasteiger partial charge on any atom is -0.480 e. The van der Waals surface area contributed by atoms with Gasteiger partial charge in [-0.1, -0.05) is 78.9 Å². The third-order valence-electron chi connectivity index (χ3n) is 5.95. The highest BCUT2D eigenvalue weighted by Crippen LogP contribution is 2.44. The monoisotopic (exact) mass is 474 g/mol. The number of ether oxygens (including phenoxy) is 2. The first-order valence-corrected chi connectivity index (χ1v) is 11.2. The molecule has 0 aliphatic heterocycles. The SMILES string of the molecule is COC[C@H](NC(=O)C(NC(=O)OCC1c2ccccc2-c2ccccc21)c1ccccc1)C(=O)O. The Bertz CT molecular complexity index is 1170. The number of rotatable bonds is 9. The molecule has 0 saturated carbocycles. The Balaban J connectivity index is 1.48. The summed E-state index contributed by atoms with van der Waals surface area (Å²) < 4.78 is 10.4. The van der Waals surface area contributed by atoms with E-state index in [1.54, 1.807) is 30.3 Å². The van der Waals surface area contributed by atoms with Crippen LogP contribution in [0.5, 0.6) is 0 Å². The fourth-order valence-corrected chi connectivity index (χ4v) is 4.30. The fraction of sp³-hybridized carbons (Fsp3) is 0.222. The van der Waals surface area contributed by atoms with Crippen LogP contribution in [0.4, 0.5) is 4.79 Å². The Morgan fingerprint density at radius 2 is 1.43 bits per heavy atom. The number of carboxylic acid groups (broad SMARTS) is 1. The number of fused-ring (bicyclic) bond motifs is 3. The molecule has 2 atom stereocenters. The number of nitrogens with one attached hydrogen (secondary N) is 2. The Morgan fingerprint density at radius 3 is 2.00 bits per heavy atom. The molecule has 0 fully saturated rings. The Hall–Kier alpha value is -4.17. The molecule has 1 unspecified atom stereocenters. The predicted octanol–water partition coefficient (Wildman–Crippen LogP) is 3.48. The van der Waals surface area contributed by atoms with Crippen molar-refractivity contribution >= 4 is 18.0 Å². The maximum atomic E-state index is 13.0. The first kappa shape index (κ1) is 24.0. The molecule has 0 radical (unpaired) electrons. The number of carbonyl (C=O) groups excluding carboxylic acids is 2. The second-order valence-electron chi connectivity index (χ2n) is 8.17. The summed E-state index contributed by atoms with van der Waals surface area (Å²) in [5, 5.41) is 14.3. The molecule has 1 aliphatic carbocycles. The zero-order valence-electron chi connectivity index (χ0n) is 19.1. The van der Waals surface area contributed by atoms with Gasteiger partial charge in [0.25, 0.3) is 0 Å². The van der Waals surface area contributed by atoms with Gasteiger partial charge in [-0.25, -0.2) is 9.59 Å². The largest absolute Gasteiger partial charge is 0.480 e. The summed E-state index contributed by atoms with van der Waals surface area (Å²) >= 11 is 0. The molecule has 0 saturated heterocycles. The molecular formula is C27H26N2O6. The van der Waals surface area contributed by atoms with Gasteiger partial charge in [0.05, 0.1) is 6.61 Å². The highest BCUT2D eigenvalue weighted by molar-refractivity contribution is 5.90. The third kappa shape index (κ3) is 5.33. The second-order valence-corrected chi connectivity index (χ2v) is 8.17. The number of hydrogen-bond donors (Lipinski definition) is 3. The molecule has 180 valence electrons. The van der Waals surface area contributed by atoms with Gasteiger partial charge in [0.2, 0.25) is 5.91 Å². The molecular weight excluding hydrogens is 448 g/mol. The molecule has 4 rings (SSSR count). The lowest BCUT2D eigenvalue weighted by Crippen LogP contribution is -2.49. The Labute approximate surface area is 202 Å². The average Bonchev–Trinajstić information content (AvgIpc) is 3.20. The first-order valence-electron chi connectivity index (χ1n) is 11.2. The molecule has 0 spiro atoms. The first-order chi connectivity index (χ1) is 17.0. The van der Waals surface area contributed by atoms with Crippen molar-refractivity contribution in [3.63, 3.8) is 0 Å². The van der Waals surface area contributed by atoms with E-state index in [0.29, 0.717) is 5.56 Å². The molecule has 35 heavy (non-hydrogen) atoms. The lowest BCUT2D eigenvalue weighted by atomic mass is 9.98. The van der Waals surface area contributed by atoms with Crippen molar-refractivity contribution in [3.8, 4) is 11.1 Å². The van der Waals surface area contributed by atoms with Gasteiger partial charge in [-0.05, 0) is 27.8 Å². The van der Waals surface area contributed by atoms with E-state index < -0.39 is 30.1 Å². The zero-order valence-corrected chi connectivity index (χ0v) is 19.1. The van der Waals surface area contributed by atoms with E-state index in [0.717, 1.165) is 22.3 Å². The summed E-state index contributed by atoms with van der Waals surface area (Å²) in [6.07, 6.45) is -0.783. The van der Waals surface area contributed by atoms with Crippen LogP contribution >= 0.6 is 0 Å². The minimum absolute atomic E-state index is 0.0877. The molecule has 2 amide bonds. The summed E-state index contributed by atoms with van der Waals surface area (Å²) in [4.78, 5) is 37.2. The second kappa shape index (κ2) is 10.8. The van der Waals surface area contributed by atoms with Crippen molar-refractivity contribution in [2.24, 2.45) is 0 Å². The maximum absolute atomic E-state index is 13.0. The van der Waals surface area contributed by atoms with Crippen LogP contribution < -0.4 is 10.6 Å². The normalized spacial score (nSPS) is 13.7. The highest BCUT2D eigenvalue weighted by Gasteiger charge is 2.31. The average molecular weight is 475 g/mol. The van der Waals surface area contributed by atoms with E-state index in [-0.39, 0.29) is 19.1 Å². The summed E-state index contributed by atoms with van der Waals surface area (Å²) in [6.45, 7) is -0.127. The van der Waals surface area contributed by atoms with Crippen molar-refractivity contribution in [2.75, 3.05) is 20.3 Å². The van der Waals surface area contributed by atoms with E-state index >= 15 is 0 Å². The number of hydrogen-bond acceptors (Lipinski definition) is 5. The molecule has 0 aromatic heterocycles. The van der Waals surface area contributed by atoms with Gasteiger partial charge in [-0.15, -0.1) is 0 Å². The molecule has 8 nitrogen and oxygen atoms in total. The lowest BCUT2D eigenvalue weighted by molar-refractivity contribution is -0.143. The van der Waals surface area contributed by atoms with E-state index in [4.69, 9.17) is 9.47 Å². The van der Waals surface area contributed by atoms with Crippen LogP contribution in [0.1, 0.15) is 28.7 Å². The summed E-state index contributed by atoms with van der Waals surface area (Å²) in [5.74, 6) is -2.06. The van der Waals surface area contributed by atoms with E-state index in [1.807, 2.05) is 48.5 Å². The summed E-state index contributed by atoms with van der Waals surface area (Å²) in [6, 6.07) is 22.1. The van der Waals surface area contributed by atoms with Gasteiger partial charge in [0.1, 0.15) is 12.6 Å². The molecule has 3 aromatic carbocycles. The van der Waals surface area contributed by atoms with Gasteiger partial charge >= 0.3 is 12.1 Å². The van der Waals surface area contributed by atoms with Crippen LogP contribution in [0.15, 0.2) is 78.9 Å². The van der Waals surface area contributed by atoms with Gasteiger partial charge in [-0.2, -0.15) is 0 Å². The summed E-state index contributed by atoms with van der Waals surface area (Å²) in [5.41, 5.74) is 4.85. The minimum atomic E-state index is -1.26. The topological polar surface area (TPSA) is 114 Å². The highest BCUT2D eigenvalue weighted by atomic mass is 16.5. The Kier molecular flexibility index (Phi) is 7.42. The number of methoxy groups -OCH3 is 1. The van der Waals surface area contributed by atoms with Gasteiger partial charge < -0.3 is 25.2 Å². The van der Waals surface area contributed by atoms with Crippen molar-refractivity contribution in [1.82, 2.24) is 10.6 Å².